The predicted octanol–water partition coefficient (Wildman–Crippen LogP) is 3.53. The molecule has 0 aliphatic carbocycles. The highest BCUT2D eigenvalue weighted by Crippen LogP contribution is 2.47. The monoisotopic (exact) mass is 436 g/mol. The SMILES string of the molecule is CC[C@@H]1C[C@@](C)(C[C@@H](CC)[C@H](O)CC(=O)O)O[C@H]1[C@@H](CC)c1cc[n+](C)cc1C(=O)O. The molecule has 1 aliphatic heterocycles. The van der Waals surface area contributed by atoms with Crippen molar-refractivity contribution in [3.63, 3.8) is 0 Å². The fourth-order valence-electron chi connectivity index (χ4n) is 5.26. The average molecular weight is 437 g/mol. The van der Waals surface area contributed by atoms with E-state index in [2.05, 4.69) is 13.8 Å². The van der Waals surface area contributed by atoms with Gasteiger partial charge in [0.25, 0.3) is 0 Å². The number of hydrogen-bond acceptors (Lipinski definition) is 4. The highest BCUT2D eigenvalue weighted by Gasteiger charge is 2.47. The topological polar surface area (TPSA) is 108 Å². The maximum absolute atomic E-state index is 11.9. The highest BCUT2D eigenvalue weighted by atomic mass is 16.5. The number of rotatable bonds is 11. The zero-order chi connectivity index (χ0) is 23.3. The lowest BCUT2D eigenvalue weighted by atomic mass is 9.78. The molecule has 0 bridgehead atoms. The van der Waals surface area contributed by atoms with Crippen LogP contribution in [0.1, 0.15) is 88.1 Å². The van der Waals surface area contributed by atoms with Gasteiger partial charge in [0, 0.05) is 12.0 Å². The average Bonchev–Trinajstić information content (AvgIpc) is 3.03. The summed E-state index contributed by atoms with van der Waals surface area (Å²) in [5, 5.41) is 29.2. The summed E-state index contributed by atoms with van der Waals surface area (Å²) in [6.07, 6.45) is 5.94. The van der Waals surface area contributed by atoms with Gasteiger partial charge in [-0.15, -0.1) is 0 Å². The van der Waals surface area contributed by atoms with Gasteiger partial charge in [0.1, 0.15) is 12.6 Å². The molecule has 6 atom stereocenters. The van der Waals surface area contributed by atoms with Gasteiger partial charge in [-0.25, -0.2) is 9.36 Å². The first-order valence-corrected chi connectivity index (χ1v) is 11.3. The zero-order valence-electron chi connectivity index (χ0n) is 19.4. The number of aromatic carboxylic acids is 1. The van der Waals surface area contributed by atoms with E-state index in [1.54, 1.807) is 10.8 Å². The Morgan fingerprint density at radius 2 is 1.94 bits per heavy atom. The molecule has 7 heteroatoms. The number of aliphatic carboxylic acids is 1. The van der Waals surface area contributed by atoms with E-state index in [9.17, 15) is 19.8 Å². The fourth-order valence-corrected chi connectivity index (χ4v) is 5.26. The van der Waals surface area contributed by atoms with Crippen molar-refractivity contribution in [1.29, 1.82) is 0 Å². The molecule has 0 aromatic carbocycles. The minimum atomic E-state index is -1.00. The van der Waals surface area contributed by atoms with E-state index in [0.29, 0.717) is 18.4 Å². The van der Waals surface area contributed by atoms with Crippen LogP contribution in [-0.2, 0) is 16.6 Å². The predicted molar refractivity (Wildman–Crippen MR) is 116 cm³/mol. The second-order valence-corrected chi connectivity index (χ2v) is 9.24. The number of carboxylic acid groups (broad SMARTS) is 2. The zero-order valence-corrected chi connectivity index (χ0v) is 19.4. The van der Waals surface area contributed by atoms with Crippen LogP contribution in [0.15, 0.2) is 18.5 Å². The standard InChI is InChI=1S/C24H37NO6/c1-6-15(20(26)11-21(27)28)12-24(4)13-16(7-2)22(31-24)17(8-3)18-9-10-25(5)14-19(18)23(29)30/h9-10,14-17,20,22,26H,6-8,11-13H2,1-5H3,(H-,27,28,29,30)/p+1/t15-,16-,17+,20-,22-,24-/m1/s1. The van der Waals surface area contributed by atoms with Crippen LogP contribution in [0, 0.1) is 11.8 Å². The lowest BCUT2D eigenvalue weighted by molar-refractivity contribution is -0.671. The first-order chi connectivity index (χ1) is 14.5. The number of aliphatic hydroxyl groups excluding tert-OH is 1. The molecule has 2 heterocycles. The molecule has 3 N–H and O–H groups in total. The van der Waals surface area contributed by atoms with Crippen molar-refractivity contribution in [1.82, 2.24) is 0 Å². The Hall–Kier alpha value is -1.99. The summed E-state index contributed by atoms with van der Waals surface area (Å²) in [4.78, 5) is 23.0. The molecular formula is C24H38NO6+. The highest BCUT2D eigenvalue weighted by molar-refractivity contribution is 5.89. The number of aryl methyl sites for hydroxylation is 1. The van der Waals surface area contributed by atoms with E-state index in [1.165, 1.54) is 0 Å². The molecule has 1 aromatic rings. The first kappa shape index (κ1) is 25.3. The third kappa shape index (κ3) is 6.04. The van der Waals surface area contributed by atoms with E-state index in [0.717, 1.165) is 24.8 Å². The summed E-state index contributed by atoms with van der Waals surface area (Å²) in [7, 11) is 1.81. The fraction of sp³-hybridized carbons (Fsp3) is 0.708. The number of nitrogens with zero attached hydrogens (tertiary/aromatic N) is 1. The van der Waals surface area contributed by atoms with Crippen LogP contribution in [-0.4, -0.2) is 45.1 Å². The van der Waals surface area contributed by atoms with Crippen molar-refractivity contribution in [3.05, 3.63) is 29.6 Å². The minimum Gasteiger partial charge on any atom is -0.481 e. The molecule has 1 aliphatic rings. The Kier molecular flexibility index (Phi) is 8.60. The molecule has 7 nitrogen and oxygen atoms in total. The normalized spacial score (nSPS) is 26.4. The van der Waals surface area contributed by atoms with Crippen LogP contribution in [0.5, 0.6) is 0 Å². The lowest BCUT2D eigenvalue weighted by Gasteiger charge is -2.33. The van der Waals surface area contributed by atoms with Crippen LogP contribution in [0.3, 0.4) is 0 Å². The first-order valence-electron chi connectivity index (χ1n) is 11.3. The van der Waals surface area contributed by atoms with Crippen LogP contribution >= 0.6 is 0 Å². The smallest absolute Gasteiger partial charge is 0.342 e. The van der Waals surface area contributed by atoms with Crippen LogP contribution < -0.4 is 4.57 Å². The van der Waals surface area contributed by atoms with E-state index in [1.807, 2.05) is 33.2 Å². The molecule has 0 radical (unpaired) electrons. The molecule has 174 valence electrons. The summed E-state index contributed by atoms with van der Waals surface area (Å²) in [6, 6.07) is 1.88. The molecule has 0 spiro atoms. The largest absolute Gasteiger partial charge is 0.481 e. The number of carboxylic acids is 2. The molecule has 2 rings (SSSR count). The van der Waals surface area contributed by atoms with Crippen molar-refractivity contribution in [3.8, 4) is 0 Å². The molecule has 0 unspecified atom stereocenters. The van der Waals surface area contributed by atoms with Gasteiger partial charge >= 0.3 is 11.9 Å². The molecule has 0 amide bonds. The maximum Gasteiger partial charge on any atom is 0.342 e. The lowest BCUT2D eigenvalue weighted by Crippen LogP contribution is -2.35. The Morgan fingerprint density at radius 3 is 2.45 bits per heavy atom. The number of aromatic nitrogens is 1. The van der Waals surface area contributed by atoms with Crippen LogP contribution in [0.25, 0.3) is 0 Å². The van der Waals surface area contributed by atoms with Gasteiger partial charge in [0.2, 0.25) is 0 Å². The van der Waals surface area contributed by atoms with Crippen molar-refractivity contribution >= 4 is 11.9 Å². The van der Waals surface area contributed by atoms with Gasteiger partial charge in [-0.3, -0.25) is 4.79 Å². The molecule has 1 aromatic heterocycles. The molecule has 0 saturated carbocycles. The maximum atomic E-state index is 11.9. The molecule has 1 saturated heterocycles. The molecule has 31 heavy (non-hydrogen) atoms. The van der Waals surface area contributed by atoms with Crippen molar-refractivity contribution in [2.75, 3.05) is 0 Å². The number of aliphatic hydroxyl groups is 1. The number of pyridine rings is 1. The Morgan fingerprint density at radius 1 is 1.26 bits per heavy atom. The van der Waals surface area contributed by atoms with E-state index in [-0.39, 0.29) is 30.3 Å². The molecular weight excluding hydrogens is 398 g/mol. The van der Waals surface area contributed by atoms with Gasteiger partial charge < -0.3 is 20.1 Å². The van der Waals surface area contributed by atoms with Crippen LogP contribution in [0.4, 0.5) is 0 Å². The van der Waals surface area contributed by atoms with E-state index < -0.39 is 23.6 Å². The van der Waals surface area contributed by atoms with E-state index >= 15 is 0 Å². The number of ether oxygens (including phenoxy) is 1. The minimum absolute atomic E-state index is 0.0527. The Balaban J connectivity index is 2.31. The van der Waals surface area contributed by atoms with Gasteiger partial charge in [-0.2, -0.15) is 0 Å². The summed E-state index contributed by atoms with van der Waals surface area (Å²) >= 11 is 0. The second kappa shape index (κ2) is 10.6. The summed E-state index contributed by atoms with van der Waals surface area (Å²) in [5.41, 5.74) is 0.604. The molecule has 1 fully saturated rings. The van der Waals surface area contributed by atoms with Crippen molar-refractivity contribution in [2.24, 2.45) is 18.9 Å². The second-order valence-electron chi connectivity index (χ2n) is 9.24. The Bertz CT molecular complexity index is 781. The quantitative estimate of drug-likeness (QED) is 0.458. The van der Waals surface area contributed by atoms with E-state index in [4.69, 9.17) is 9.84 Å². The Labute approximate surface area is 185 Å². The van der Waals surface area contributed by atoms with Gasteiger partial charge in [-0.1, -0.05) is 33.6 Å². The summed E-state index contributed by atoms with van der Waals surface area (Å²) < 4.78 is 8.40. The third-order valence-electron chi connectivity index (χ3n) is 6.85. The third-order valence-corrected chi connectivity index (χ3v) is 6.85. The number of hydrogen-bond donors (Lipinski definition) is 3. The van der Waals surface area contributed by atoms with Gasteiger partial charge in [-0.05, 0) is 43.6 Å². The van der Waals surface area contributed by atoms with Crippen molar-refractivity contribution in [2.45, 2.75) is 89.9 Å². The van der Waals surface area contributed by atoms with Crippen molar-refractivity contribution < 1.29 is 34.2 Å². The summed E-state index contributed by atoms with van der Waals surface area (Å²) in [6.45, 7) is 8.18. The number of carbonyl (C=O) groups is 2. The van der Waals surface area contributed by atoms with Gasteiger partial charge in [0.15, 0.2) is 12.4 Å². The van der Waals surface area contributed by atoms with Gasteiger partial charge in [0.05, 0.1) is 24.2 Å². The summed E-state index contributed by atoms with van der Waals surface area (Å²) in [5.74, 6) is -1.90. The van der Waals surface area contributed by atoms with Crippen LogP contribution in [0.2, 0.25) is 0 Å².